The smallest absolute Gasteiger partial charge is 0.127 e. The predicted molar refractivity (Wildman–Crippen MR) is 53.7 cm³/mol. The highest BCUT2D eigenvalue weighted by Gasteiger charge is 2.29. The van der Waals surface area contributed by atoms with Gasteiger partial charge in [-0.05, 0) is 19.8 Å². The van der Waals surface area contributed by atoms with E-state index in [9.17, 15) is 0 Å². The Morgan fingerprint density at radius 3 is 2.54 bits per heavy atom. The van der Waals surface area contributed by atoms with Gasteiger partial charge in [-0.3, -0.25) is 0 Å². The molecule has 0 aliphatic heterocycles. The Labute approximate surface area is 79.0 Å². The molecule has 2 N–H and O–H groups in total. The van der Waals surface area contributed by atoms with Crippen LogP contribution in [0.3, 0.4) is 0 Å². The molecule has 0 saturated heterocycles. The maximum absolute atomic E-state index is 6.03. The van der Waals surface area contributed by atoms with Crippen LogP contribution in [0.15, 0.2) is 0 Å². The van der Waals surface area contributed by atoms with Crippen molar-refractivity contribution in [3.8, 4) is 0 Å². The highest BCUT2D eigenvalue weighted by molar-refractivity contribution is 5.42. The van der Waals surface area contributed by atoms with E-state index >= 15 is 0 Å². The molecule has 0 aromatic carbocycles. The molecule has 3 nitrogen and oxygen atoms in total. The molecule has 1 aliphatic rings. The van der Waals surface area contributed by atoms with Gasteiger partial charge in [0.15, 0.2) is 0 Å². The summed E-state index contributed by atoms with van der Waals surface area (Å²) in [6, 6.07) is 0. The van der Waals surface area contributed by atoms with Crippen molar-refractivity contribution in [1.82, 2.24) is 9.55 Å². The number of nitrogens with zero attached hydrogens (tertiary/aromatic N) is 2. The van der Waals surface area contributed by atoms with Crippen LogP contribution in [0.4, 0.5) is 5.82 Å². The number of rotatable bonds is 3. The molecule has 0 atom stereocenters. The molecule has 13 heavy (non-hydrogen) atoms. The lowest BCUT2D eigenvalue weighted by Gasteiger charge is -2.03. The lowest BCUT2D eigenvalue weighted by atomic mass is 10.3. The van der Waals surface area contributed by atoms with E-state index in [1.54, 1.807) is 0 Å². The van der Waals surface area contributed by atoms with Crippen LogP contribution in [0.25, 0.3) is 0 Å². The zero-order chi connectivity index (χ0) is 9.42. The summed E-state index contributed by atoms with van der Waals surface area (Å²) in [6.45, 7) is 5.19. The normalized spacial score (nSPS) is 16.5. The Balaban J connectivity index is 2.41. The summed E-state index contributed by atoms with van der Waals surface area (Å²) in [4.78, 5) is 4.60. The molecular formula is C10H17N3. The van der Waals surface area contributed by atoms with Gasteiger partial charge in [0, 0.05) is 18.9 Å². The number of aromatic nitrogens is 2. The van der Waals surface area contributed by atoms with Gasteiger partial charge in [0.1, 0.15) is 11.6 Å². The number of aryl methyl sites for hydroxylation is 1. The van der Waals surface area contributed by atoms with Crippen LogP contribution < -0.4 is 5.73 Å². The summed E-state index contributed by atoms with van der Waals surface area (Å²) in [7, 11) is 0. The summed E-state index contributed by atoms with van der Waals surface area (Å²) in [5.41, 5.74) is 7.18. The molecule has 1 aromatic heterocycles. The SMILES string of the molecule is CCc1nc(C2CC2)c(N)n1CC. The first-order valence-corrected chi connectivity index (χ1v) is 5.12. The second-order valence-electron chi connectivity index (χ2n) is 3.67. The van der Waals surface area contributed by atoms with Gasteiger partial charge < -0.3 is 10.3 Å². The molecule has 1 fully saturated rings. The molecule has 0 unspecified atom stereocenters. The number of nitrogens with two attached hydrogens (primary N) is 1. The minimum absolute atomic E-state index is 0.665. The van der Waals surface area contributed by atoms with Gasteiger partial charge in [0.25, 0.3) is 0 Å². The quantitative estimate of drug-likeness (QED) is 0.770. The summed E-state index contributed by atoms with van der Waals surface area (Å²) in [5, 5.41) is 0. The molecule has 0 amide bonds. The molecule has 1 saturated carbocycles. The molecule has 1 aliphatic carbocycles. The van der Waals surface area contributed by atoms with Crippen molar-refractivity contribution >= 4 is 5.82 Å². The van der Waals surface area contributed by atoms with E-state index in [0.29, 0.717) is 5.92 Å². The molecule has 1 heterocycles. The third kappa shape index (κ3) is 1.32. The number of nitrogen functional groups attached to an aromatic ring is 1. The average molecular weight is 179 g/mol. The van der Waals surface area contributed by atoms with Crippen LogP contribution in [0.1, 0.15) is 44.1 Å². The third-order valence-corrected chi connectivity index (χ3v) is 2.71. The summed E-state index contributed by atoms with van der Waals surface area (Å²) in [6.07, 6.45) is 3.52. The molecule has 72 valence electrons. The Morgan fingerprint density at radius 2 is 2.15 bits per heavy atom. The first kappa shape index (κ1) is 8.60. The monoisotopic (exact) mass is 179 g/mol. The topological polar surface area (TPSA) is 43.8 Å². The van der Waals surface area contributed by atoms with Gasteiger partial charge in [-0.1, -0.05) is 6.92 Å². The molecule has 3 heteroatoms. The van der Waals surface area contributed by atoms with Gasteiger partial charge >= 0.3 is 0 Å². The van der Waals surface area contributed by atoms with E-state index in [4.69, 9.17) is 5.73 Å². The van der Waals surface area contributed by atoms with Crippen LogP contribution >= 0.6 is 0 Å². The van der Waals surface area contributed by atoms with E-state index in [1.807, 2.05) is 0 Å². The first-order chi connectivity index (χ1) is 6.27. The summed E-state index contributed by atoms with van der Waals surface area (Å²) >= 11 is 0. The predicted octanol–water partition coefficient (Wildman–Crippen LogP) is 1.92. The van der Waals surface area contributed by atoms with Crippen molar-refractivity contribution in [1.29, 1.82) is 0 Å². The molecular weight excluding hydrogens is 162 g/mol. The number of hydrogen-bond acceptors (Lipinski definition) is 2. The fourth-order valence-electron chi connectivity index (χ4n) is 1.81. The molecule has 2 rings (SSSR count). The van der Waals surface area contributed by atoms with Crippen LogP contribution in [0.2, 0.25) is 0 Å². The number of anilines is 1. The second kappa shape index (κ2) is 3.05. The van der Waals surface area contributed by atoms with Crippen molar-refractivity contribution in [3.63, 3.8) is 0 Å². The Hall–Kier alpha value is -0.990. The van der Waals surface area contributed by atoms with E-state index in [1.165, 1.54) is 12.8 Å². The Bertz CT molecular complexity index is 310. The van der Waals surface area contributed by atoms with E-state index in [0.717, 1.165) is 30.3 Å². The highest BCUT2D eigenvalue weighted by Crippen LogP contribution is 2.42. The van der Waals surface area contributed by atoms with Crippen LogP contribution in [0.5, 0.6) is 0 Å². The molecule has 1 aromatic rings. The maximum atomic E-state index is 6.03. The van der Waals surface area contributed by atoms with Crippen molar-refractivity contribution in [2.24, 2.45) is 0 Å². The molecule has 0 radical (unpaired) electrons. The zero-order valence-electron chi connectivity index (χ0n) is 8.38. The second-order valence-corrected chi connectivity index (χ2v) is 3.67. The average Bonchev–Trinajstić information content (AvgIpc) is 2.91. The highest BCUT2D eigenvalue weighted by atomic mass is 15.1. The van der Waals surface area contributed by atoms with Crippen LogP contribution in [0, 0.1) is 0 Å². The van der Waals surface area contributed by atoms with Crippen molar-refractivity contribution in [2.75, 3.05) is 5.73 Å². The third-order valence-electron chi connectivity index (χ3n) is 2.71. The maximum Gasteiger partial charge on any atom is 0.127 e. The Morgan fingerprint density at radius 1 is 1.46 bits per heavy atom. The molecule has 0 spiro atoms. The van der Waals surface area contributed by atoms with Gasteiger partial charge in [-0.25, -0.2) is 4.98 Å². The van der Waals surface area contributed by atoms with Gasteiger partial charge in [0.2, 0.25) is 0 Å². The van der Waals surface area contributed by atoms with E-state index in [2.05, 4.69) is 23.4 Å². The summed E-state index contributed by atoms with van der Waals surface area (Å²) < 4.78 is 2.13. The fraction of sp³-hybridized carbons (Fsp3) is 0.700. The lowest BCUT2D eigenvalue weighted by Crippen LogP contribution is -2.04. The molecule has 0 bridgehead atoms. The van der Waals surface area contributed by atoms with Crippen molar-refractivity contribution < 1.29 is 0 Å². The van der Waals surface area contributed by atoms with Crippen LogP contribution in [-0.2, 0) is 13.0 Å². The zero-order valence-corrected chi connectivity index (χ0v) is 8.38. The minimum atomic E-state index is 0.665. The fourth-order valence-corrected chi connectivity index (χ4v) is 1.81. The van der Waals surface area contributed by atoms with Gasteiger partial charge in [-0.2, -0.15) is 0 Å². The first-order valence-electron chi connectivity index (χ1n) is 5.12. The van der Waals surface area contributed by atoms with Gasteiger partial charge in [0.05, 0.1) is 5.69 Å². The minimum Gasteiger partial charge on any atom is -0.384 e. The number of imidazole rings is 1. The van der Waals surface area contributed by atoms with E-state index in [-0.39, 0.29) is 0 Å². The van der Waals surface area contributed by atoms with Gasteiger partial charge in [-0.15, -0.1) is 0 Å². The lowest BCUT2D eigenvalue weighted by molar-refractivity contribution is 0.713. The van der Waals surface area contributed by atoms with Crippen molar-refractivity contribution in [2.45, 2.75) is 45.6 Å². The standard InChI is InChI=1S/C10H17N3/c1-3-8-12-9(7-5-6-7)10(11)13(8)4-2/h7H,3-6,11H2,1-2H3. The largest absolute Gasteiger partial charge is 0.384 e. The number of hydrogen-bond donors (Lipinski definition) is 1. The van der Waals surface area contributed by atoms with Crippen LogP contribution in [-0.4, -0.2) is 9.55 Å². The van der Waals surface area contributed by atoms with Crippen molar-refractivity contribution in [3.05, 3.63) is 11.5 Å². The van der Waals surface area contributed by atoms with E-state index < -0.39 is 0 Å². The Kier molecular flexibility index (Phi) is 2.02. The summed E-state index contributed by atoms with van der Waals surface area (Å²) in [5.74, 6) is 2.71.